The summed E-state index contributed by atoms with van der Waals surface area (Å²) in [7, 11) is 1.47. The molecule has 3 aromatic rings. The normalized spacial score (nSPS) is 16.9. The van der Waals surface area contributed by atoms with Crippen LogP contribution in [-0.2, 0) is 4.84 Å². The molecule has 2 aromatic carbocycles. The first-order valence-electron chi connectivity index (χ1n) is 10.2. The Bertz CT molecular complexity index is 1300. The smallest absolute Gasteiger partial charge is 0.255 e. The van der Waals surface area contributed by atoms with Crippen molar-refractivity contribution >= 4 is 40.5 Å². The summed E-state index contributed by atoms with van der Waals surface area (Å²) in [5, 5.41) is 3.04. The maximum absolute atomic E-state index is 13.6. The minimum absolute atomic E-state index is 0.0105. The molecular weight excluding hydrogens is 503 g/mol. The van der Waals surface area contributed by atoms with Crippen molar-refractivity contribution < 1.29 is 27.9 Å². The van der Waals surface area contributed by atoms with Crippen molar-refractivity contribution in [3.05, 3.63) is 87.7 Å². The van der Waals surface area contributed by atoms with E-state index in [1.54, 1.807) is 25.1 Å². The number of hydrogen-bond donors (Lipinski definition) is 2. The number of benzene rings is 2. The number of anilines is 1. The zero-order chi connectivity index (χ0) is 25.2. The number of hydroxylamine groups is 1. The molecule has 1 aliphatic heterocycles. The standard InChI is InChI=1S/C24H19Cl2F2N3O4/c1-24(9-19(31-35-24)13-3-5-17(27)18(28)7-13)12-34-21-8-14(4-6-20(21)33-2)23(32)30-22-15(25)10-29-11-16(22)26/h3-11,31H,12H2,1-2H3,(H,29,30,32). The van der Waals surface area contributed by atoms with Gasteiger partial charge in [0.2, 0.25) is 0 Å². The van der Waals surface area contributed by atoms with E-state index in [1.165, 1.54) is 31.6 Å². The lowest BCUT2D eigenvalue weighted by Crippen LogP contribution is -2.33. The highest BCUT2D eigenvalue weighted by Gasteiger charge is 2.32. The third kappa shape index (κ3) is 5.48. The monoisotopic (exact) mass is 521 g/mol. The van der Waals surface area contributed by atoms with E-state index in [4.69, 9.17) is 37.5 Å². The summed E-state index contributed by atoms with van der Waals surface area (Å²) in [4.78, 5) is 22.3. The van der Waals surface area contributed by atoms with E-state index in [-0.39, 0.29) is 33.7 Å². The highest BCUT2D eigenvalue weighted by atomic mass is 35.5. The van der Waals surface area contributed by atoms with Gasteiger partial charge in [-0.15, -0.1) is 0 Å². The third-order valence-corrected chi connectivity index (χ3v) is 5.68. The summed E-state index contributed by atoms with van der Waals surface area (Å²) < 4.78 is 38.1. The van der Waals surface area contributed by atoms with E-state index >= 15 is 0 Å². The van der Waals surface area contributed by atoms with Crippen molar-refractivity contribution in [2.24, 2.45) is 0 Å². The molecule has 1 aliphatic rings. The number of nitrogens with zero attached hydrogens (tertiary/aromatic N) is 1. The van der Waals surface area contributed by atoms with E-state index in [1.807, 2.05) is 0 Å². The van der Waals surface area contributed by atoms with Crippen molar-refractivity contribution in [1.82, 2.24) is 10.5 Å². The Morgan fingerprint density at radius 1 is 1.11 bits per heavy atom. The Hall–Kier alpha value is -3.40. The number of methoxy groups -OCH3 is 1. The largest absolute Gasteiger partial charge is 0.493 e. The van der Waals surface area contributed by atoms with E-state index in [0.717, 1.165) is 12.1 Å². The van der Waals surface area contributed by atoms with Crippen LogP contribution < -0.4 is 20.3 Å². The van der Waals surface area contributed by atoms with Gasteiger partial charge in [-0.3, -0.25) is 20.1 Å². The Labute approximate surface area is 209 Å². The molecule has 1 aromatic heterocycles. The van der Waals surface area contributed by atoms with Crippen LogP contribution in [0.1, 0.15) is 22.8 Å². The number of carbonyl (C=O) groups is 1. The van der Waals surface area contributed by atoms with Crippen LogP contribution in [0.4, 0.5) is 14.5 Å². The van der Waals surface area contributed by atoms with Crippen LogP contribution in [0.15, 0.2) is 54.9 Å². The number of amides is 1. The van der Waals surface area contributed by atoms with Gasteiger partial charge >= 0.3 is 0 Å². The second-order valence-corrected chi connectivity index (χ2v) is 8.60. The Kier molecular flexibility index (Phi) is 7.11. The number of hydrogen-bond acceptors (Lipinski definition) is 6. The predicted octanol–water partition coefficient (Wildman–Crippen LogP) is 5.64. The van der Waals surface area contributed by atoms with Crippen LogP contribution in [-0.4, -0.2) is 30.2 Å². The Balaban J connectivity index is 1.51. The van der Waals surface area contributed by atoms with Gasteiger partial charge in [0.25, 0.3) is 5.91 Å². The Morgan fingerprint density at radius 2 is 1.86 bits per heavy atom. The van der Waals surface area contributed by atoms with Gasteiger partial charge in [-0.05, 0) is 49.4 Å². The van der Waals surface area contributed by atoms with Crippen molar-refractivity contribution in [2.45, 2.75) is 12.5 Å². The minimum Gasteiger partial charge on any atom is -0.493 e. The first-order chi connectivity index (χ1) is 16.7. The zero-order valence-corrected chi connectivity index (χ0v) is 20.0. The van der Waals surface area contributed by atoms with E-state index in [0.29, 0.717) is 17.0 Å². The summed E-state index contributed by atoms with van der Waals surface area (Å²) in [6.45, 7) is 1.75. The zero-order valence-electron chi connectivity index (χ0n) is 18.5. The average molecular weight is 522 g/mol. The van der Waals surface area contributed by atoms with Crippen molar-refractivity contribution in [3.63, 3.8) is 0 Å². The molecule has 0 saturated heterocycles. The van der Waals surface area contributed by atoms with Crippen LogP contribution in [0.25, 0.3) is 5.70 Å². The summed E-state index contributed by atoms with van der Waals surface area (Å²) in [6, 6.07) is 8.17. The lowest BCUT2D eigenvalue weighted by atomic mass is 10.0. The van der Waals surface area contributed by atoms with Crippen molar-refractivity contribution in [2.75, 3.05) is 19.0 Å². The molecule has 7 nitrogen and oxygen atoms in total. The van der Waals surface area contributed by atoms with Gasteiger partial charge in [0.05, 0.1) is 28.5 Å². The highest BCUT2D eigenvalue weighted by Crippen LogP contribution is 2.33. The quantitative estimate of drug-likeness (QED) is 0.418. The fourth-order valence-corrected chi connectivity index (χ4v) is 3.74. The summed E-state index contributed by atoms with van der Waals surface area (Å²) in [5.41, 5.74) is 3.12. The minimum atomic E-state index is -0.968. The van der Waals surface area contributed by atoms with Crippen molar-refractivity contribution in [3.8, 4) is 11.5 Å². The lowest BCUT2D eigenvalue weighted by Gasteiger charge is -2.21. The molecule has 0 radical (unpaired) electrons. The maximum Gasteiger partial charge on any atom is 0.255 e. The topological polar surface area (TPSA) is 81.7 Å². The third-order valence-electron chi connectivity index (χ3n) is 5.11. The maximum atomic E-state index is 13.6. The van der Waals surface area contributed by atoms with Gasteiger partial charge in [0.1, 0.15) is 12.2 Å². The first-order valence-corrected chi connectivity index (χ1v) is 11.0. The molecular formula is C24H19Cl2F2N3O4. The molecule has 11 heteroatoms. The van der Waals surface area contributed by atoms with E-state index < -0.39 is 23.1 Å². The molecule has 4 rings (SSSR count). The van der Waals surface area contributed by atoms with Crippen LogP contribution in [0, 0.1) is 11.6 Å². The number of pyridine rings is 1. The predicted molar refractivity (Wildman–Crippen MR) is 128 cm³/mol. The van der Waals surface area contributed by atoms with Crippen LogP contribution in [0.2, 0.25) is 10.0 Å². The number of ether oxygens (including phenoxy) is 2. The van der Waals surface area contributed by atoms with Crippen LogP contribution >= 0.6 is 23.2 Å². The highest BCUT2D eigenvalue weighted by molar-refractivity contribution is 6.39. The molecule has 182 valence electrons. The molecule has 0 aliphatic carbocycles. The molecule has 2 N–H and O–H groups in total. The van der Waals surface area contributed by atoms with Crippen LogP contribution in [0.3, 0.4) is 0 Å². The molecule has 0 bridgehead atoms. The first kappa shape index (κ1) is 24.7. The lowest BCUT2D eigenvalue weighted by molar-refractivity contribution is -0.0476. The fourth-order valence-electron chi connectivity index (χ4n) is 3.28. The molecule has 2 heterocycles. The van der Waals surface area contributed by atoms with E-state index in [2.05, 4.69) is 15.8 Å². The Morgan fingerprint density at radius 3 is 2.54 bits per heavy atom. The van der Waals surface area contributed by atoms with Gasteiger partial charge in [-0.1, -0.05) is 23.2 Å². The van der Waals surface area contributed by atoms with Gasteiger partial charge in [-0.2, -0.15) is 0 Å². The van der Waals surface area contributed by atoms with Gasteiger partial charge < -0.3 is 14.8 Å². The van der Waals surface area contributed by atoms with Gasteiger partial charge in [0.15, 0.2) is 23.1 Å². The number of carbonyl (C=O) groups excluding carboxylic acids is 1. The molecule has 0 fully saturated rings. The summed E-state index contributed by atoms with van der Waals surface area (Å²) >= 11 is 12.2. The van der Waals surface area contributed by atoms with Gasteiger partial charge in [-0.25, -0.2) is 8.78 Å². The SMILES string of the molecule is COc1ccc(C(=O)Nc2c(Cl)cncc2Cl)cc1OCC1(C)C=C(c2ccc(F)c(F)c2)NO1. The van der Waals surface area contributed by atoms with Crippen LogP contribution in [0.5, 0.6) is 11.5 Å². The molecule has 1 amide bonds. The summed E-state index contributed by atoms with van der Waals surface area (Å²) in [6.07, 6.45) is 4.42. The molecule has 1 atom stereocenters. The second-order valence-electron chi connectivity index (χ2n) is 7.79. The second kappa shape index (κ2) is 10.1. The van der Waals surface area contributed by atoms with Crippen molar-refractivity contribution in [1.29, 1.82) is 0 Å². The number of aromatic nitrogens is 1. The molecule has 35 heavy (non-hydrogen) atoms. The fraction of sp³-hybridized carbons (Fsp3) is 0.167. The number of rotatable bonds is 7. The summed E-state index contributed by atoms with van der Waals surface area (Å²) in [5.74, 6) is -1.71. The average Bonchev–Trinajstić information content (AvgIpc) is 3.24. The number of halogens is 4. The molecule has 0 saturated carbocycles. The number of nitrogens with one attached hydrogen (secondary N) is 2. The molecule has 1 unspecified atom stereocenters. The van der Waals surface area contributed by atoms with Gasteiger partial charge in [0, 0.05) is 23.5 Å². The molecule has 0 spiro atoms. The van der Waals surface area contributed by atoms with E-state index in [9.17, 15) is 13.6 Å².